The van der Waals surface area contributed by atoms with E-state index < -0.39 is 11.1 Å². The summed E-state index contributed by atoms with van der Waals surface area (Å²) in [6.07, 6.45) is 0. The lowest BCUT2D eigenvalue weighted by molar-refractivity contribution is 0.564. The van der Waals surface area contributed by atoms with Crippen molar-refractivity contribution in [2.45, 2.75) is 4.34 Å². The predicted molar refractivity (Wildman–Crippen MR) is 53.7 cm³/mol. The topological polar surface area (TPSA) is 50.2 Å². The average molecular weight is 234 g/mol. The van der Waals surface area contributed by atoms with Crippen molar-refractivity contribution in [1.29, 1.82) is 0 Å². The summed E-state index contributed by atoms with van der Waals surface area (Å²) in [7, 11) is 0. The third kappa shape index (κ3) is 1.60. The SMILES string of the molecule is O=S(O)c1nc2c(Cl)cccc2s1. The number of thiazole rings is 1. The summed E-state index contributed by atoms with van der Waals surface area (Å²) in [5.74, 6) is 0. The molecule has 1 N–H and O–H groups in total. The molecule has 2 aromatic rings. The molecule has 0 fully saturated rings. The maximum Gasteiger partial charge on any atom is 0.216 e. The first-order chi connectivity index (χ1) is 6.18. The molecular weight excluding hydrogens is 230 g/mol. The largest absolute Gasteiger partial charge is 0.300 e. The van der Waals surface area contributed by atoms with Gasteiger partial charge in [0.25, 0.3) is 0 Å². The highest BCUT2D eigenvalue weighted by Crippen LogP contribution is 2.28. The van der Waals surface area contributed by atoms with Crippen LogP contribution in [0.25, 0.3) is 10.2 Å². The minimum absolute atomic E-state index is 0.183. The summed E-state index contributed by atoms with van der Waals surface area (Å²) in [4.78, 5) is 3.95. The number of halogens is 1. The molecule has 13 heavy (non-hydrogen) atoms. The molecule has 0 spiro atoms. The third-order valence-corrected chi connectivity index (χ3v) is 3.69. The number of nitrogens with zero attached hydrogens (tertiary/aromatic N) is 1. The van der Waals surface area contributed by atoms with Crippen LogP contribution >= 0.6 is 22.9 Å². The van der Waals surface area contributed by atoms with E-state index >= 15 is 0 Å². The number of hydrogen-bond acceptors (Lipinski definition) is 3. The van der Waals surface area contributed by atoms with Crippen molar-refractivity contribution in [2.24, 2.45) is 0 Å². The Balaban J connectivity index is 2.75. The highest BCUT2D eigenvalue weighted by Gasteiger charge is 2.09. The van der Waals surface area contributed by atoms with E-state index in [0.29, 0.717) is 10.5 Å². The van der Waals surface area contributed by atoms with Crippen LogP contribution in [0.5, 0.6) is 0 Å². The van der Waals surface area contributed by atoms with Gasteiger partial charge in [0.15, 0.2) is 0 Å². The molecule has 6 heteroatoms. The molecule has 0 saturated heterocycles. The Morgan fingerprint density at radius 1 is 1.54 bits per heavy atom. The van der Waals surface area contributed by atoms with Crippen LogP contribution in [0.1, 0.15) is 0 Å². The Morgan fingerprint density at radius 2 is 2.31 bits per heavy atom. The molecule has 3 nitrogen and oxygen atoms in total. The van der Waals surface area contributed by atoms with Gasteiger partial charge in [-0.1, -0.05) is 17.7 Å². The molecule has 1 aromatic carbocycles. The van der Waals surface area contributed by atoms with Crippen molar-refractivity contribution >= 4 is 44.2 Å². The van der Waals surface area contributed by atoms with Gasteiger partial charge in [0, 0.05) is 0 Å². The summed E-state index contributed by atoms with van der Waals surface area (Å²) in [5, 5.41) is 0.505. The lowest BCUT2D eigenvalue weighted by Crippen LogP contribution is -1.84. The van der Waals surface area contributed by atoms with Crippen molar-refractivity contribution in [3.63, 3.8) is 0 Å². The van der Waals surface area contributed by atoms with E-state index in [1.54, 1.807) is 12.1 Å². The van der Waals surface area contributed by atoms with Crippen LogP contribution in [0.4, 0.5) is 0 Å². The minimum atomic E-state index is -2.02. The van der Waals surface area contributed by atoms with Gasteiger partial charge < -0.3 is 4.55 Å². The first kappa shape index (κ1) is 9.08. The second kappa shape index (κ2) is 3.34. The lowest BCUT2D eigenvalue weighted by Gasteiger charge is -1.87. The van der Waals surface area contributed by atoms with E-state index in [4.69, 9.17) is 16.2 Å². The maximum atomic E-state index is 10.7. The average Bonchev–Trinajstić information content (AvgIpc) is 2.49. The monoisotopic (exact) mass is 233 g/mol. The van der Waals surface area contributed by atoms with E-state index in [2.05, 4.69) is 4.98 Å². The Hall–Kier alpha value is -0.490. The summed E-state index contributed by atoms with van der Waals surface area (Å²) < 4.78 is 20.5. The van der Waals surface area contributed by atoms with E-state index in [-0.39, 0.29) is 4.34 Å². The van der Waals surface area contributed by atoms with Gasteiger partial charge >= 0.3 is 0 Å². The standard InChI is InChI=1S/C7H4ClNO2S2/c8-4-2-1-3-5-6(4)9-7(12-5)13(10)11/h1-3H,(H,10,11). The predicted octanol–water partition coefficient (Wildman–Crippen LogP) is 2.53. The molecule has 68 valence electrons. The lowest BCUT2D eigenvalue weighted by atomic mass is 10.3. The molecule has 1 aromatic heterocycles. The molecule has 0 saturated carbocycles. The molecule has 0 aliphatic heterocycles. The Labute approximate surface area is 85.7 Å². The van der Waals surface area contributed by atoms with E-state index in [0.717, 1.165) is 4.70 Å². The normalized spacial score (nSPS) is 13.4. The van der Waals surface area contributed by atoms with Crippen LogP contribution in [0.15, 0.2) is 22.5 Å². The van der Waals surface area contributed by atoms with Gasteiger partial charge in [-0.3, -0.25) is 0 Å². The molecule has 0 aliphatic rings. The van der Waals surface area contributed by atoms with Crippen LogP contribution in [0.2, 0.25) is 5.02 Å². The number of hydrogen-bond donors (Lipinski definition) is 1. The van der Waals surface area contributed by atoms with E-state index in [1.807, 2.05) is 6.07 Å². The van der Waals surface area contributed by atoms with Gasteiger partial charge in [0.05, 0.1) is 9.72 Å². The Morgan fingerprint density at radius 3 is 2.92 bits per heavy atom. The summed E-state index contributed by atoms with van der Waals surface area (Å²) in [6.45, 7) is 0. The van der Waals surface area contributed by atoms with Crippen molar-refractivity contribution < 1.29 is 8.76 Å². The molecule has 0 radical (unpaired) electrons. The highest BCUT2D eigenvalue weighted by molar-refractivity contribution is 7.81. The van der Waals surface area contributed by atoms with E-state index in [1.165, 1.54) is 11.3 Å². The first-order valence-electron chi connectivity index (χ1n) is 3.34. The molecule has 2 rings (SSSR count). The van der Waals surface area contributed by atoms with Gasteiger partial charge in [0.2, 0.25) is 15.4 Å². The van der Waals surface area contributed by atoms with Crippen LogP contribution in [0, 0.1) is 0 Å². The zero-order chi connectivity index (χ0) is 9.42. The zero-order valence-electron chi connectivity index (χ0n) is 6.23. The molecular formula is C7H4ClNO2S2. The highest BCUT2D eigenvalue weighted by atomic mass is 35.5. The summed E-state index contributed by atoms with van der Waals surface area (Å²) in [6, 6.07) is 5.30. The smallest absolute Gasteiger partial charge is 0.216 e. The van der Waals surface area contributed by atoms with Crippen LogP contribution in [-0.4, -0.2) is 13.7 Å². The zero-order valence-corrected chi connectivity index (χ0v) is 8.62. The number of rotatable bonds is 1. The molecule has 1 heterocycles. The van der Waals surface area contributed by atoms with Crippen molar-refractivity contribution in [3.8, 4) is 0 Å². The van der Waals surface area contributed by atoms with Crippen molar-refractivity contribution in [2.75, 3.05) is 0 Å². The Kier molecular flexibility index (Phi) is 2.33. The first-order valence-corrected chi connectivity index (χ1v) is 5.64. The second-order valence-electron chi connectivity index (χ2n) is 2.32. The van der Waals surface area contributed by atoms with Crippen LogP contribution in [-0.2, 0) is 11.1 Å². The van der Waals surface area contributed by atoms with Gasteiger partial charge in [0.1, 0.15) is 5.52 Å². The molecule has 0 bridgehead atoms. The van der Waals surface area contributed by atoms with E-state index in [9.17, 15) is 4.21 Å². The number of para-hydroxylation sites is 1. The second-order valence-corrected chi connectivity index (χ2v) is 4.90. The number of aromatic nitrogens is 1. The molecule has 0 amide bonds. The van der Waals surface area contributed by atoms with Crippen LogP contribution in [0.3, 0.4) is 0 Å². The minimum Gasteiger partial charge on any atom is -0.300 e. The number of fused-ring (bicyclic) bond motifs is 1. The van der Waals surface area contributed by atoms with Gasteiger partial charge in [-0.25, -0.2) is 9.19 Å². The molecule has 0 aliphatic carbocycles. The Bertz CT molecular complexity index is 482. The van der Waals surface area contributed by atoms with Crippen molar-refractivity contribution in [3.05, 3.63) is 23.2 Å². The van der Waals surface area contributed by atoms with Crippen LogP contribution < -0.4 is 0 Å². The fraction of sp³-hybridized carbons (Fsp3) is 0. The van der Waals surface area contributed by atoms with Crippen molar-refractivity contribution in [1.82, 2.24) is 4.98 Å². The van der Waals surface area contributed by atoms with Gasteiger partial charge in [-0.05, 0) is 12.1 Å². The van der Waals surface area contributed by atoms with Gasteiger partial charge in [-0.15, -0.1) is 11.3 Å². The maximum absolute atomic E-state index is 10.7. The third-order valence-electron chi connectivity index (χ3n) is 1.50. The summed E-state index contributed by atoms with van der Waals surface area (Å²) >= 11 is 4.99. The molecule has 1 atom stereocenters. The fourth-order valence-electron chi connectivity index (χ4n) is 0.969. The number of benzene rings is 1. The summed E-state index contributed by atoms with van der Waals surface area (Å²) in [5.41, 5.74) is 0.589. The molecule has 1 unspecified atom stereocenters. The fourth-order valence-corrected chi connectivity index (χ4v) is 2.69. The van der Waals surface area contributed by atoms with Gasteiger partial charge in [-0.2, -0.15) is 0 Å². The quantitative estimate of drug-likeness (QED) is 0.770.